The van der Waals surface area contributed by atoms with Gasteiger partial charge in [-0.05, 0) is 31.5 Å². The van der Waals surface area contributed by atoms with E-state index in [1.165, 1.54) is 0 Å². The van der Waals surface area contributed by atoms with Crippen molar-refractivity contribution in [2.24, 2.45) is 5.73 Å². The Morgan fingerprint density at radius 3 is 2.71 bits per heavy atom. The lowest BCUT2D eigenvalue weighted by Crippen LogP contribution is -2.43. The van der Waals surface area contributed by atoms with Gasteiger partial charge < -0.3 is 20.7 Å². The average Bonchev–Trinajstić information content (AvgIpc) is 2.28. The quantitative estimate of drug-likeness (QED) is 0.693. The van der Waals surface area contributed by atoms with Crippen LogP contribution in [0, 0.1) is 0 Å². The Morgan fingerprint density at radius 1 is 1.41 bits per heavy atom. The normalized spacial score (nSPS) is 16.3. The fourth-order valence-electron chi connectivity index (χ4n) is 1.71. The molecule has 0 fully saturated rings. The van der Waals surface area contributed by atoms with Crippen LogP contribution in [0.1, 0.15) is 25.8 Å². The second kappa shape index (κ2) is 6.00. The molecule has 4 nitrogen and oxygen atoms in total. The predicted octanol–water partition coefficient (Wildman–Crippen LogP) is 1.05. The van der Waals surface area contributed by atoms with Crippen LogP contribution in [-0.4, -0.2) is 28.5 Å². The SMILES string of the molecule is CC(CC(C)(N)CO)Oc1cccc(CO)c1. The van der Waals surface area contributed by atoms with Crippen molar-refractivity contribution >= 4 is 0 Å². The first-order valence-corrected chi connectivity index (χ1v) is 5.73. The van der Waals surface area contributed by atoms with Gasteiger partial charge in [0, 0.05) is 12.0 Å². The largest absolute Gasteiger partial charge is 0.491 e. The zero-order valence-electron chi connectivity index (χ0n) is 10.4. The Hall–Kier alpha value is -1.10. The van der Waals surface area contributed by atoms with Crippen LogP contribution >= 0.6 is 0 Å². The highest BCUT2D eigenvalue weighted by Crippen LogP contribution is 2.18. The molecule has 0 bridgehead atoms. The maximum absolute atomic E-state index is 9.08. The molecule has 2 atom stereocenters. The summed E-state index contributed by atoms with van der Waals surface area (Å²) in [7, 11) is 0. The van der Waals surface area contributed by atoms with Gasteiger partial charge in [-0.3, -0.25) is 0 Å². The van der Waals surface area contributed by atoms with Crippen molar-refractivity contribution in [2.75, 3.05) is 6.61 Å². The third-order valence-corrected chi connectivity index (χ3v) is 2.53. The molecule has 0 amide bonds. The Morgan fingerprint density at radius 2 is 2.12 bits per heavy atom. The molecule has 0 aliphatic rings. The molecule has 1 aromatic carbocycles. The molecule has 0 aliphatic carbocycles. The molecule has 17 heavy (non-hydrogen) atoms. The Labute approximate surface area is 102 Å². The molecule has 0 saturated carbocycles. The molecule has 0 spiro atoms. The van der Waals surface area contributed by atoms with Crippen molar-refractivity contribution in [3.05, 3.63) is 29.8 Å². The van der Waals surface area contributed by atoms with Gasteiger partial charge in [-0.25, -0.2) is 0 Å². The van der Waals surface area contributed by atoms with E-state index in [1.807, 2.05) is 25.1 Å². The number of hydrogen-bond donors (Lipinski definition) is 3. The fraction of sp³-hybridized carbons (Fsp3) is 0.538. The number of aliphatic hydroxyl groups excluding tert-OH is 2. The summed E-state index contributed by atoms with van der Waals surface area (Å²) < 4.78 is 5.69. The van der Waals surface area contributed by atoms with Gasteiger partial charge in [0.25, 0.3) is 0 Å². The van der Waals surface area contributed by atoms with Crippen molar-refractivity contribution in [1.82, 2.24) is 0 Å². The summed E-state index contributed by atoms with van der Waals surface area (Å²) in [6.07, 6.45) is 0.471. The second-order valence-corrected chi connectivity index (χ2v) is 4.75. The standard InChI is InChI=1S/C13H21NO3/c1-10(7-13(2,14)9-16)17-12-5-3-4-11(6-12)8-15/h3-6,10,15-16H,7-9,14H2,1-2H3. The Bertz CT molecular complexity index is 352. The predicted molar refractivity (Wildman–Crippen MR) is 66.8 cm³/mol. The minimum atomic E-state index is -0.631. The maximum atomic E-state index is 9.08. The smallest absolute Gasteiger partial charge is 0.120 e. The number of hydrogen-bond acceptors (Lipinski definition) is 4. The summed E-state index contributed by atoms with van der Waals surface area (Å²) >= 11 is 0. The molecular formula is C13H21NO3. The molecule has 0 aliphatic heterocycles. The van der Waals surface area contributed by atoms with E-state index in [0.717, 1.165) is 5.56 Å². The van der Waals surface area contributed by atoms with Gasteiger partial charge in [0.05, 0.1) is 19.3 Å². The lowest BCUT2D eigenvalue weighted by molar-refractivity contribution is 0.133. The summed E-state index contributed by atoms with van der Waals surface area (Å²) in [6, 6.07) is 7.30. The third kappa shape index (κ3) is 4.73. The van der Waals surface area contributed by atoms with Crippen molar-refractivity contribution in [3.8, 4) is 5.75 Å². The van der Waals surface area contributed by atoms with E-state index in [2.05, 4.69) is 0 Å². The minimum Gasteiger partial charge on any atom is -0.491 e. The van der Waals surface area contributed by atoms with Crippen LogP contribution in [0.2, 0.25) is 0 Å². The Kier molecular flexibility index (Phi) is 4.93. The van der Waals surface area contributed by atoms with Crippen molar-refractivity contribution in [2.45, 2.75) is 38.5 Å². The van der Waals surface area contributed by atoms with Crippen LogP contribution in [0.15, 0.2) is 24.3 Å². The summed E-state index contributed by atoms with van der Waals surface area (Å²) in [5.74, 6) is 0.706. The Balaban J connectivity index is 2.58. The monoisotopic (exact) mass is 239 g/mol. The van der Waals surface area contributed by atoms with Crippen molar-refractivity contribution in [1.29, 1.82) is 0 Å². The molecule has 4 N–H and O–H groups in total. The van der Waals surface area contributed by atoms with Gasteiger partial charge in [0.2, 0.25) is 0 Å². The molecular weight excluding hydrogens is 218 g/mol. The zero-order valence-corrected chi connectivity index (χ0v) is 10.4. The fourth-order valence-corrected chi connectivity index (χ4v) is 1.71. The van der Waals surface area contributed by atoms with Crippen molar-refractivity contribution < 1.29 is 14.9 Å². The minimum absolute atomic E-state index is 0.00315. The van der Waals surface area contributed by atoms with E-state index < -0.39 is 5.54 Å². The summed E-state index contributed by atoms with van der Waals surface area (Å²) in [5, 5.41) is 18.1. The van der Waals surface area contributed by atoms with Gasteiger partial charge in [-0.2, -0.15) is 0 Å². The van der Waals surface area contributed by atoms with Gasteiger partial charge in [-0.15, -0.1) is 0 Å². The maximum Gasteiger partial charge on any atom is 0.120 e. The highest BCUT2D eigenvalue weighted by molar-refractivity contribution is 5.28. The van der Waals surface area contributed by atoms with Gasteiger partial charge in [0.1, 0.15) is 5.75 Å². The first-order valence-electron chi connectivity index (χ1n) is 5.73. The molecule has 1 rings (SSSR count). The number of benzene rings is 1. The molecule has 96 valence electrons. The number of nitrogens with two attached hydrogens (primary N) is 1. The molecule has 1 aromatic rings. The zero-order chi connectivity index (χ0) is 12.9. The second-order valence-electron chi connectivity index (χ2n) is 4.75. The van der Waals surface area contributed by atoms with Gasteiger partial charge in [-0.1, -0.05) is 12.1 Å². The van der Waals surface area contributed by atoms with E-state index in [0.29, 0.717) is 12.2 Å². The number of aliphatic hydroxyl groups is 2. The summed E-state index contributed by atoms with van der Waals surface area (Å²) in [5.41, 5.74) is 6.04. The van der Waals surface area contributed by atoms with Crippen LogP contribution < -0.4 is 10.5 Å². The van der Waals surface area contributed by atoms with Crippen LogP contribution in [0.5, 0.6) is 5.75 Å². The van der Waals surface area contributed by atoms with E-state index in [9.17, 15) is 0 Å². The molecule has 2 unspecified atom stereocenters. The van der Waals surface area contributed by atoms with Crippen LogP contribution in [0.4, 0.5) is 0 Å². The molecule has 0 heterocycles. The summed E-state index contributed by atoms with van der Waals surface area (Å²) in [6.45, 7) is 3.62. The lowest BCUT2D eigenvalue weighted by Gasteiger charge is -2.26. The lowest BCUT2D eigenvalue weighted by atomic mass is 9.97. The first-order chi connectivity index (χ1) is 7.96. The first kappa shape index (κ1) is 14.0. The van der Waals surface area contributed by atoms with Gasteiger partial charge in [0.15, 0.2) is 0 Å². The average molecular weight is 239 g/mol. The molecule has 0 saturated heterocycles. The van der Waals surface area contributed by atoms with Crippen LogP contribution in [-0.2, 0) is 6.61 Å². The number of rotatable bonds is 6. The molecule has 0 radical (unpaired) electrons. The van der Waals surface area contributed by atoms with Gasteiger partial charge >= 0.3 is 0 Å². The van der Waals surface area contributed by atoms with E-state index >= 15 is 0 Å². The van der Waals surface area contributed by atoms with E-state index in [-0.39, 0.29) is 19.3 Å². The van der Waals surface area contributed by atoms with Crippen LogP contribution in [0.25, 0.3) is 0 Å². The third-order valence-electron chi connectivity index (χ3n) is 2.53. The van der Waals surface area contributed by atoms with Crippen molar-refractivity contribution in [3.63, 3.8) is 0 Å². The highest BCUT2D eigenvalue weighted by Gasteiger charge is 2.21. The van der Waals surface area contributed by atoms with E-state index in [1.54, 1.807) is 13.0 Å². The number of ether oxygens (including phenoxy) is 1. The molecule has 0 aromatic heterocycles. The van der Waals surface area contributed by atoms with Crippen LogP contribution in [0.3, 0.4) is 0 Å². The summed E-state index contributed by atoms with van der Waals surface area (Å²) in [4.78, 5) is 0. The molecule has 4 heteroatoms. The highest BCUT2D eigenvalue weighted by atomic mass is 16.5. The van der Waals surface area contributed by atoms with E-state index in [4.69, 9.17) is 20.7 Å². The topological polar surface area (TPSA) is 75.7 Å².